The molecule has 1 aromatic carbocycles. The van der Waals surface area contributed by atoms with Crippen LogP contribution in [0.1, 0.15) is 6.92 Å². The minimum atomic E-state index is -3.79. The maximum Gasteiger partial charge on any atom is 0.236 e. The van der Waals surface area contributed by atoms with Crippen LogP contribution in [0.4, 0.5) is 14.5 Å². The molecule has 102 valence electrons. The zero-order valence-corrected chi connectivity index (χ0v) is 11.4. The predicted molar refractivity (Wildman–Crippen MR) is 67.3 cm³/mol. The van der Waals surface area contributed by atoms with Crippen LogP contribution in [0.25, 0.3) is 0 Å². The molecular weight excluding hydrogens is 286 g/mol. The Morgan fingerprint density at radius 1 is 1.39 bits per heavy atom. The van der Waals surface area contributed by atoms with Crippen LogP contribution in [-0.2, 0) is 10.0 Å². The second-order valence-electron chi connectivity index (χ2n) is 3.76. The van der Waals surface area contributed by atoms with E-state index < -0.39 is 32.6 Å². The van der Waals surface area contributed by atoms with Gasteiger partial charge in [-0.05, 0) is 20.0 Å². The smallest absolute Gasteiger partial charge is 0.236 e. The summed E-state index contributed by atoms with van der Waals surface area (Å²) in [5.41, 5.74) is -0.444. The number of halogens is 3. The molecule has 0 saturated carbocycles. The minimum absolute atomic E-state index is 0.190. The van der Waals surface area contributed by atoms with Crippen molar-refractivity contribution in [2.45, 2.75) is 12.2 Å². The van der Waals surface area contributed by atoms with Crippen LogP contribution in [0.3, 0.4) is 0 Å². The van der Waals surface area contributed by atoms with Gasteiger partial charge < -0.3 is 5.32 Å². The molecule has 1 atom stereocenters. The topological polar surface area (TPSA) is 58.2 Å². The molecule has 0 spiro atoms. The summed E-state index contributed by atoms with van der Waals surface area (Å²) in [6, 6.07) is 1.40. The molecule has 2 N–H and O–H groups in total. The lowest BCUT2D eigenvalue weighted by Crippen LogP contribution is -2.33. The van der Waals surface area contributed by atoms with Gasteiger partial charge in [-0.15, -0.1) is 0 Å². The maximum absolute atomic E-state index is 13.4. The van der Waals surface area contributed by atoms with Crippen molar-refractivity contribution < 1.29 is 17.2 Å². The second-order valence-corrected chi connectivity index (χ2v) is 6.27. The molecule has 1 aromatic rings. The molecule has 0 heterocycles. The molecule has 1 unspecified atom stereocenters. The first-order valence-corrected chi connectivity index (χ1v) is 7.01. The third kappa shape index (κ3) is 3.54. The first kappa shape index (κ1) is 15.1. The van der Waals surface area contributed by atoms with Crippen LogP contribution < -0.4 is 10.0 Å². The van der Waals surface area contributed by atoms with Gasteiger partial charge in [-0.3, -0.25) is 4.72 Å². The Bertz CT molecular complexity index is 514. The number of hydrogen-bond donors (Lipinski definition) is 2. The molecule has 0 aliphatic heterocycles. The van der Waals surface area contributed by atoms with E-state index in [-0.39, 0.29) is 11.6 Å². The minimum Gasteiger partial charge on any atom is -0.318 e. The Kier molecular flexibility index (Phi) is 4.89. The zero-order valence-electron chi connectivity index (χ0n) is 9.80. The van der Waals surface area contributed by atoms with Gasteiger partial charge in [-0.25, -0.2) is 17.2 Å². The normalized spacial score (nSPS) is 13.4. The summed E-state index contributed by atoms with van der Waals surface area (Å²) >= 11 is 5.60. The van der Waals surface area contributed by atoms with E-state index >= 15 is 0 Å². The number of sulfonamides is 1. The third-order valence-electron chi connectivity index (χ3n) is 2.27. The van der Waals surface area contributed by atoms with Crippen molar-refractivity contribution in [2.75, 3.05) is 18.3 Å². The van der Waals surface area contributed by atoms with Crippen molar-refractivity contribution in [2.24, 2.45) is 0 Å². The van der Waals surface area contributed by atoms with E-state index in [9.17, 15) is 17.2 Å². The lowest BCUT2D eigenvalue weighted by atomic mass is 10.3. The Balaban J connectivity index is 3.05. The van der Waals surface area contributed by atoms with Gasteiger partial charge in [0.2, 0.25) is 10.0 Å². The number of nitrogens with one attached hydrogen (secondary N) is 2. The van der Waals surface area contributed by atoms with E-state index in [1.165, 1.54) is 6.92 Å². The molecule has 4 nitrogen and oxygen atoms in total. The monoisotopic (exact) mass is 298 g/mol. The highest BCUT2D eigenvalue weighted by Gasteiger charge is 2.23. The maximum atomic E-state index is 13.4. The fourth-order valence-electron chi connectivity index (χ4n) is 1.28. The number of rotatable bonds is 5. The molecule has 0 radical (unpaired) electrons. The summed E-state index contributed by atoms with van der Waals surface area (Å²) in [4.78, 5) is 0. The predicted octanol–water partition coefficient (Wildman–Crippen LogP) is 1.97. The summed E-state index contributed by atoms with van der Waals surface area (Å²) in [7, 11) is -2.20. The lowest BCUT2D eigenvalue weighted by molar-refractivity contribution is 0.576. The molecule has 0 amide bonds. The molecule has 0 aliphatic rings. The summed E-state index contributed by atoms with van der Waals surface area (Å²) in [6.45, 7) is 1.64. The Morgan fingerprint density at radius 3 is 2.50 bits per heavy atom. The van der Waals surface area contributed by atoms with Gasteiger partial charge in [0.1, 0.15) is 11.5 Å². The van der Waals surface area contributed by atoms with Crippen LogP contribution in [0.2, 0.25) is 5.02 Å². The first-order chi connectivity index (χ1) is 8.27. The van der Waals surface area contributed by atoms with Crippen LogP contribution in [0, 0.1) is 11.6 Å². The van der Waals surface area contributed by atoms with E-state index in [4.69, 9.17) is 11.6 Å². The van der Waals surface area contributed by atoms with Gasteiger partial charge in [0.05, 0.1) is 10.3 Å². The van der Waals surface area contributed by atoms with Crippen LogP contribution in [0.15, 0.2) is 12.1 Å². The third-order valence-corrected chi connectivity index (χ3v) is 4.29. The molecule has 18 heavy (non-hydrogen) atoms. The van der Waals surface area contributed by atoms with Crippen molar-refractivity contribution in [3.8, 4) is 0 Å². The van der Waals surface area contributed by atoms with Gasteiger partial charge >= 0.3 is 0 Å². The molecule has 8 heteroatoms. The van der Waals surface area contributed by atoms with E-state index in [0.29, 0.717) is 6.07 Å². The fourth-order valence-corrected chi connectivity index (χ4v) is 2.66. The average Bonchev–Trinajstić information content (AvgIpc) is 2.23. The first-order valence-electron chi connectivity index (χ1n) is 5.08. The SMILES string of the molecule is CNCC(C)S(=O)(=O)Nc1c(F)cc(F)cc1Cl. The summed E-state index contributed by atoms with van der Waals surface area (Å²) in [5, 5.41) is 1.58. The van der Waals surface area contributed by atoms with Gasteiger partial charge in [-0.2, -0.15) is 0 Å². The number of anilines is 1. The Hall–Kier alpha value is -0.920. The Labute approximate surface area is 109 Å². The summed E-state index contributed by atoms with van der Waals surface area (Å²) in [5.74, 6) is -1.93. The number of benzene rings is 1. The fraction of sp³-hybridized carbons (Fsp3) is 0.400. The van der Waals surface area contributed by atoms with Crippen molar-refractivity contribution in [3.05, 3.63) is 28.8 Å². The number of hydrogen-bond acceptors (Lipinski definition) is 3. The van der Waals surface area contributed by atoms with E-state index in [1.807, 2.05) is 4.72 Å². The van der Waals surface area contributed by atoms with Crippen molar-refractivity contribution in [3.63, 3.8) is 0 Å². The van der Waals surface area contributed by atoms with Gasteiger partial charge in [0, 0.05) is 12.6 Å². The standard InChI is InChI=1S/C10H13ClF2N2O2S/c1-6(5-14-2)18(16,17)15-10-8(11)3-7(12)4-9(10)13/h3-4,6,14-15H,5H2,1-2H3. The molecule has 0 bridgehead atoms. The highest BCUT2D eigenvalue weighted by Crippen LogP contribution is 2.27. The highest BCUT2D eigenvalue weighted by molar-refractivity contribution is 7.93. The second kappa shape index (κ2) is 5.81. The van der Waals surface area contributed by atoms with Crippen molar-refractivity contribution in [1.29, 1.82) is 0 Å². The summed E-state index contributed by atoms with van der Waals surface area (Å²) < 4.78 is 51.9. The van der Waals surface area contributed by atoms with Gasteiger partial charge in [0.25, 0.3) is 0 Å². The highest BCUT2D eigenvalue weighted by atomic mass is 35.5. The van der Waals surface area contributed by atoms with Crippen LogP contribution >= 0.6 is 11.6 Å². The van der Waals surface area contributed by atoms with E-state index in [1.54, 1.807) is 7.05 Å². The largest absolute Gasteiger partial charge is 0.318 e. The van der Waals surface area contributed by atoms with E-state index in [0.717, 1.165) is 6.07 Å². The molecule has 0 aliphatic carbocycles. The molecular formula is C10H13ClF2N2O2S. The molecule has 0 saturated heterocycles. The van der Waals surface area contributed by atoms with Crippen molar-refractivity contribution in [1.82, 2.24) is 5.32 Å². The lowest BCUT2D eigenvalue weighted by Gasteiger charge is -2.15. The van der Waals surface area contributed by atoms with Gasteiger partial charge in [-0.1, -0.05) is 11.6 Å². The molecule has 0 fully saturated rings. The zero-order chi connectivity index (χ0) is 13.9. The van der Waals surface area contributed by atoms with E-state index in [2.05, 4.69) is 5.32 Å². The summed E-state index contributed by atoms with van der Waals surface area (Å²) in [6.07, 6.45) is 0. The molecule has 0 aromatic heterocycles. The average molecular weight is 299 g/mol. The quantitative estimate of drug-likeness (QED) is 0.874. The van der Waals surface area contributed by atoms with Gasteiger partial charge in [0.15, 0.2) is 5.82 Å². The van der Waals surface area contributed by atoms with Crippen molar-refractivity contribution >= 4 is 27.3 Å². The Morgan fingerprint density at radius 2 is 2.00 bits per heavy atom. The van der Waals surface area contributed by atoms with Crippen LogP contribution in [0.5, 0.6) is 0 Å². The van der Waals surface area contributed by atoms with Crippen LogP contribution in [-0.4, -0.2) is 27.3 Å². The molecule has 1 rings (SSSR count).